The van der Waals surface area contributed by atoms with E-state index in [4.69, 9.17) is 0 Å². The molecule has 0 radical (unpaired) electrons. The number of anilines is 2. The normalized spacial score (nSPS) is 10.9. The number of carbonyl (C=O) groups excluding carboxylic acids is 2. The second kappa shape index (κ2) is 8.83. The smallest absolute Gasteiger partial charge is 0.255 e. The van der Waals surface area contributed by atoms with Crippen LogP contribution in [-0.2, 0) is 4.79 Å². The first-order valence-corrected chi connectivity index (χ1v) is 10.2. The number of rotatable bonds is 6. The first-order chi connectivity index (χ1) is 15.0. The number of imidazole rings is 1. The number of nitrogens with zero attached hydrogens (tertiary/aromatic N) is 1. The first kappa shape index (κ1) is 20.3. The Labute approximate surface area is 180 Å². The number of aromatic nitrogens is 2. The van der Waals surface area contributed by atoms with Gasteiger partial charge in [-0.15, -0.1) is 0 Å². The van der Waals surface area contributed by atoms with E-state index in [-0.39, 0.29) is 11.8 Å². The highest BCUT2D eigenvalue weighted by molar-refractivity contribution is 6.04. The van der Waals surface area contributed by atoms with Gasteiger partial charge in [0, 0.05) is 28.9 Å². The Bertz CT molecular complexity index is 1180. The van der Waals surface area contributed by atoms with E-state index in [1.807, 2.05) is 62.4 Å². The van der Waals surface area contributed by atoms with Crippen LogP contribution in [0.15, 0.2) is 72.8 Å². The predicted molar refractivity (Wildman–Crippen MR) is 124 cm³/mol. The lowest BCUT2D eigenvalue weighted by molar-refractivity contribution is -0.116. The van der Waals surface area contributed by atoms with Gasteiger partial charge in [-0.3, -0.25) is 9.59 Å². The highest BCUT2D eigenvalue weighted by atomic mass is 16.2. The Balaban J connectivity index is 1.39. The van der Waals surface area contributed by atoms with Gasteiger partial charge in [-0.2, -0.15) is 0 Å². The number of hydrogen-bond donors (Lipinski definition) is 3. The SMILES string of the molecule is CC(C)CC(=O)Nc1ccc(C(=O)Nc2ccc(-c3nc4ccccc4[nH]3)cc2)cc1. The van der Waals surface area contributed by atoms with Gasteiger partial charge < -0.3 is 15.6 Å². The predicted octanol–water partition coefficient (Wildman–Crippen LogP) is 5.47. The average Bonchev–Trinajstić information content (AvgIpc) is 3.18. The maximum absolute atomic E-state index is 12.5. The molecule has 2 amide bonds. The van der Waals surface area contributed by atoms with Crippen LogP contribution in [0, 0.1) is 5.92 Å². The van der Waals surface area contributed by atoms with Gasteiger partial charge >= 0.3 is 0 Å². The summed E-state index contributed by atoms with van der Waals surface area (Å²) in [5.41, 5.74) is 4.73. The van der Waals surface area contributed by atoms with E-state index in [2.05, 4.69) is 20.6 Å². The summed E-state index contributed by atoms with van der Waals surface area (Å²) in [6.07, 6.45) is 0.465. The number of amides is 2. The zero-order valence-electron chi connectivity index (χ0n) is 17.5. The van der Waals surface area contributed by atoms with E-state index in [9.17, 15) is 9.59 Å². The van der Waals surface area contributed by atoms with Crippen molar-refractivity contribution in [2.45, 2.75) is 20.3 Å². The molecule has 0 unspecified atom stereocenters. The third kappa shape index (κ3) is 4.98. The largest absolute Gasteiger partial charge is 0.338 e. The van der Waals surface area contributed by atoms with Crippen molar-refractivity contribution in [1.29, 1.82) is 0 Å². The monoisotopic (exact) mass is 412 g/mol. The van der Waals surface area contributed by atoms with Crippen molar-refractivity contribution >= 4 is 34.2 Å². The third-order valence-electron chi connectivity index (χ3n) is 4.83. The molecule has 3 N–H and O–H groups in total. The van der Waals surface area contributed by atoms with Gasteiger partial charge in [-0.25, -0.2) is 4.98 Å². The molecule has 0 bridgehead atoms. The molecule has 6 nitrogen and oxygen atoms in total. The molecule has 1 heterocycles. The molecule has 0 saturated heterocycles. The number of nitrogens with one attached hydrogen (secondary N) is 3. The van der Waals surface area contributed by atoms with Crippen LogP contribution in [0.3, 0.4) is 0 Å². The van der Waals surface area contributed by atoms with Crippen LogP contribution in [0.25, 0.3) is 22.4 Å². The molecule has 3 aromatic carbocycles. The van der Waals surface area contributed by atoms with Crippen molar-refractivity contribution in [2.75, 3.05) is 10.6 Å². The van der Waals surface area contributed by atoms with Crippen molar-refractivity contribution in [2.24, 2.45) is 5.92 Å². The summed E-state index contributed by atoms with van der Waals surface area (Å²) in [4.78, 5) is 32.3. The minimum atomic E-state index is -0.212. The number of para-hydroxylation sites is 2. The van der Waals surface area contributed by atoms with Gasteiger partial charge in [0.25, 0.3) is 5.91 Å². The number of hydrogen-bond acceptors (Lipinski definition) is 3. The fraction of sp³-hybridized carbons (Fsp3) is 0.160. The average molecular weight is 412 g/mol. The summed E-state index contributed by atoms with van der Waals surface area (Å²) in [5, 5.41) is 5.73. The van der Waals surface area contributed by atoms with Gasteiger partial charge in [-0.05, 0) is 66.6 Å². The molecule has 0 fully saturated rings. The lowest BCUT2D eigenvalue weighted by Crippen LogP contribution is -2.14. The molecule has 31 heavy (non-hydrogen) atoms. The maximum atomic E-state index is 12.5. The van der Waals surface area contributed by atoms with Crippen molar-refractivity contribution in [3.63, 3.8) is 0 Å². The Morgan fingerprint density at radius 3 is 2.19 bits per heavy atom. The molecule has 0 aliphatic rings. The summed E-state index contributed by atoms with van der Waals surface area (Å²) in [6, 6.07) is 22.3. The van der Waals surface area contributed by atoms with Crippen LogP contribution >= 0.6 is 0 Å². The highest BCUT2D eigenvalue weighted by Crippen LogP contribution is 2.22. The van der Waals surface area contributed by atoms with Crippen LogP contribution in [0.2, 0.25) is 0 Å². The van der Waals surface area contributed by atoms with Gasteiger partial charge in [0.1, 0.15) is 5.82 Å². The van der Waals surface area contributed by atoms with Gasteiger partial charge in [0.05, 0.1) is 11.0 Å². The summed E-state index contributed by atoms with van der Waals surface area (Å²) < 4.78 is 0. The molecule has 0 spiro atoms. The van der Waals surface area contributed by atoms with Crippen molar-refractivity contribution in [1.82, 2.24) is 9.97 Å². The van der Waals surface area contributed by atoms with Gasteiger partial charge in [-0.1, -0.05) is 26.0 Å². The second-order valence-corrected chi connectivity index (χ2v) is 7.86. The van der Waals surface area contributed by atoms with Crippen molar-refractivity contribution in [3.8, 4) is 11.4 Å². The second-order valence-electron chi connectivity index (χ2n) is 7.86. The van der Waals surface area contributed by atoms with Gasteiger partial charge in [0.2, 0.25) is 5.91 Å². The first-order valence-electron chi connectivity index (χ1n) is 10.2. The van der Waals surface area contributed by atoms with Crippen LogP contribution in [-0.4, -0.2) is 21.8 Å². The fourth-order valence-electron chi connectivity index (χ4n) is 3.29. The standard InChI is InChI=1S/C25H24N4O2/c1-16(2)15-23(30)26-19-13-9-18(10-14-19)25(31)27-20-11-7-17(8-12-20)24-28-21-5-3-4-6-22(21)29-24/h3-14,16H,15H2,1-2H3,(H,26,30)(H,27,31)(H,28,29). The summed E-state index contributed by atoms with van der Waals surface area (Å²) >= 11 is 0. The molecule has 1 aromatic heterocycles. The Morgan fingerprint density at radius 1 is 0.871 bits per heavy atom. The van der Waals surface area contributed by atoms with E-state index in [1.165, 1.54) is 0 Å². The lowest BCUT2D eigenvalue weighted by atomic mass is 10.1. The molecular weight excluding hydrogens is 388 g/mol. The molecule has 4 aromatic rings. The Kier molecular flexibility index (Phi) is 5.80. The maximum Gasteiger partial charge on any atom is 0.255 e. The van der Waals surface area contributed by atoms with E-state index >= 15 is 0 Å². The van der Waals surface area contributed by atoms with E-state index in [1.54, 1.807) is 24.3 Å². The minimum Gasteiger partial charge on any atom is -0.338 e. The van der Waals surface area contributed by atoms with Crippen LogP contribution < -0.4 is 10.6 Å². The highest BCUT2D eigenvalue weighted by Gasteiger charge is 2.09. The zero-order chi connectivity index (χ0) is 21.8. The molecule has 0 aliphatic carbocycles. The molecule has 6 heteroatoms. The quantitative estimate of drug-likeness (QED) is 0.393. The van der Waals surface area contributed by atoms with E-state index in [0.717, 1.165) is 22.4 Å². The number of carbonyl (C=O) groups is 2. The molecule has 0 atom stereocenters. The molecule has 0 aliphatic heterocycles. The van der Waals surface area contributed by atoms with Crippen LogP contribution in [0.4, 0.5) is 11.4 Å². The minimum absolute atomic E-state index is 0.0308. The molecule has 0 saturated carbocycles. The number of fused-ring (bicyclic) bond motifs is 1. The number of aromatic amines is 1. The fourth-order valence-corrected chi connectivity index (χ4v) is 3.29. The van der Waals surface area contributed by atoms with E-state index < -0.39 is 0 Å². The molecule has 156 valence electrons. The molecule has 4 rings (SSSR count). The van der Waals surface area contributed by atoms with E-state index in [0.29, 0.717) is 29.3 Å². The molecular formula is C25H24N4O2. The van der Waals surface area contributed by atoms with Gasteiger partial charge in [0.15, 0.2) is 0 Å². The lowest BCUT2D eigenvalue weighted by Gasteiger charge is -2.09. The van der Waals surface area contributed by atoms with Crippen molar-refractivity contribution in [3.05, 3.63) is 78.4 Å². The summed E-state index contributed by atoms with van der Waals surface area (Å²) in [6.45, 7) is 3.99. The summed E-state index contributed by atoms with van der Waals surface area (Å²) in [7, 11) is 0. The van der Waals surface area contributed by atoms with Crippen LogP contribution in [0.1, 0.15) is 30.6 Å². The Morgan fingerprint density at radius 2 is 1.52 bits per heavy atom. The van der Waals surface area contributed by atoms with Crippen molar-refractivity contribution < 1.29 is 9.59 Å². The summed E-state index contributed by atoms with van der Waals surface area (Å²) in [5.74, 6) is 0.839. The Hall–Kier alpha value is -3.93. The number of benzene rings is 3. The third-order valence-corrected chi connectivity index (χ3v) is 4.83. The van der Waals surface area contributed by atoms with Crippen LogP contribution in [0.5, 0.6) is 0 Å². The topological polar surface area (TPSA) is 86.9 Å². The number of H-pyrrole nitrogens is 1. The zero-order valence-corrected chi connectivity index (χ0v) is 17.5.